The zero-order valence-electron chi connectivity index (χ0n) is 19.1. The van der Waals surface area contributed by atoms with E-state index in [1.165, 1.54) is 19.1 Å². The molecule has 0 radical (unpaired) electrons. The van der Waals surface area contributed by atoms with Crippen molar-refractivity contribution in [1.82, 2.24) is 4.90 Å². The maximum absolute atomic E-state index is 14.2. The minimum atomic E-state index is -1.27. The lowest BCUT2D eigenvalue weighted by Crippen LogP contribution is -2.54. The second kappa shape index (κ2) is 7.20. The lowest BCUT2D eigenvalue weighted by Gasteiger charge is -2.36. The number of hydrogen-bond donors (Lipinski definition) is 1. The molecule has 4 aliphatic rings. The molecule has 0 saturated carbocycles. The van der Waals surface area contributed by atoms with Gasteiger partial charge in [0.05, 0.1) is 31.7 Å². The van der Waals surface area contributed by atoms with Gasteiger partial charge in [0.15, 0.2) is 0 Å². The summed E-state index contributed by atoms with van der Waals surface area (Å²) in [7, 11) is 3.01. The predicted molar refractivity (Wildman–Crippen MR) is 125 cm³/mol. The van der Waals surface area contributed by atoms with Crippen LogP contribution in [-0.4, -0.2) is 49.4 Å². The monoisotopic (exact) mass is 481 g/mol. The quantitative estimate of drug-likeness (QED) is 0.678. The van der Waals surface area contributed by atoms with Crippen LogP contribution in [0.5, 0.6) is 11.5 Å². The zero-order valence-corrected chi connectivity index (χ0v) is 19.8. The van der Waals surface area contributed by atoms with Gasteiger partial charge in [0.2, 0.25) is 17.7 Å². The van der Waals surface area contributed by atoms with Crippen LogP contribution in [-0.2, 0) is 19.9 Å². The molecule has 4 aliphatic heterocycles. The standard InChI is InChI=1S/C25H24ClN3O5/c1-12-9-13(26)10-15-21(12)27-24(32)25(15)20-19(16-5-4-8-28(16)25)22(30)29(23(20)31)17-11-14(33-2)6-7-18(17)34-3/h6-7,9-11,16,19-20H,4-5,8H2,1-3H3,(H,27,32)/t16-,19+,20-,25+/m0/s1. The van der Waals surface area contributed by atoms with Crippen molar-refractivity contribution in [3.63, 3.8) is 0 Å². The van der Waals surface area contributed by atoms with E-state index in [1.807, 2.05) is 6.92 Å². The van der Waals surface area contributed by atoms with E-state index in [-0.39, 0.29) is 17.9 Å². The van der Waals surface area contributed by atoms with E-state index < -0.39 is 23.3 Å². The van der Waals surface area contributed by atoms with Crippen LogP contribution in [0.15, 0.2) is 30.3 Å². The fourth-order valence-corrected chi connectivity index (χ4v) is 6.92. The van der Waals surface area contributed by atoms with E-state index in [0.29, 0.717) is 40.0 Å². The average Bonchev–Trinajstić information content (AvgIpc) is 3.52. The van der Waals surface area contributed by atoms with Crippen molar-refractivity contribution < 1.29 is 23.9 Å². The fourth-order valence-electron chi connectivity index (χ4n) is 6.64. The number of rotatable bonds is 3. The van der Waals surface area contributed by atoms with E-state index >= 15 is 0 Å². The van der Waals surface area contributed by atoms with Gasteiger partial charge in [0.1, 0.15) is 17.0 Å². The number of nitrogens with zero attached hydrogens (tertiary/aromatic N) is 2. The number of carbonyl (C=O) groups is 3. The number of nitrogens with one attached hydrogen (secondary N) is 1. The molecular formula is C25H24ClN3O5. The summed E-state index contributed by atoms with van der Waals surface area (Å²) >= 11 is 6.44. The molecule has 0 aliphatic carbocycles. The first-order valence-corrected chi connectivity index (χ1v) is 11.7. The van der Waals surface area contributed by atoms with Crippen LogP contribution in [0.25, 0.3) is 0 Å². The summed E-state index contributed by atoms with van der Waals surface area (Å²) in [6, 6.07) is 8.35. The first kappa shape index (κ1) is 21.4. The summed E-state index contributed by atoms with van der Waals surface area (Å²) in [5.74, 6) is -1.60. The number of carbonyl (C=O) groups excluding carboxylic acids is 3. The Balaban J connectivity index is 1.57. The second-order valence-corrected chi connectivity index (χ2v) is 9.76. The Labute approximate surface area is 201 Å². The highest BCUT2D eigenvalue weighted by Crippen LogP contribution is 2.61. The van der Waals surface area contributed by atoms with Crippen molar-refractivity contribution in [3.8, 4) is 11.5 Å². The van der Waals surface area contributed by atoms with Gasteiger partial charge in [0.25, 0.3) is 0 Å². The van der Waals surface area contributed by atoms with Crippen molar-refractivity contribution in [2.45, 2.75) is 31.3 Å². The number of hydrogen-bond acceptors (Lipinski definition) is 6. The molecule has 3 fully saturated rings. The molecule has 2 aromatic carbocycles. The Morgan fingerprint density at radius 1 is 1.09 bits per heavy atom. The topological polar surface area (TPSA) is 88.2 Å². The molecule has 3 amide bonds. The van der Waals surface area contributed by atoms with E-state index in [0.717, 1.165) is 18.4 Å². The smallest absolute Gasteiger partial charge is 0.250 e. The highest BCUT2D eigenvalue weighted by Gasteiger charge is 2.75. The fraction of sp³-hybridized carbons (Fsp3) is 0.400. The Kier molecular flexibility index (Phi) is 4.54. The maximum Gasteiger partial charge on any atom is 0.250 e. The number of halogens is 1. The van der Waals surface area contributed by atoms with E-state index in [2.05, 4.69) is 10.2 Å². The molecule has 34 heavy (non-hydrogen) atoms. The molecule has 3 saturated heterocycles. The summed E-state index contributed by atoms with van der Waals surface area (Å²) in [6.07, 6.45) is 1.59. The van der Waals surface area contributed by atoms with Crippen LogP contribution < -0.4 is 19.7 Å². The molecule has 0 unspecified atom stereocenters. The van der Waals surface area contributed by atoms with Crippen LogP contribution >= 0.6 is 11.6 Å². The van der Waals surface area contributed by atoms with Gasteiger partial charge in [-0.15, -0.1) is 0 Å². The summed E-state index contributed by atoms with van der Waals surface area (Å²) in [5, 5.41) is 3.51. The predicted octanol–water partition coefficient (Wildman–Crippen LogP) is 3.10. The molecule has 0 bridgehead atoms. The Morgan fingerprint density at radius 2 is 1.88 bits per heavy atom. The number of methoxy groups -OCH3 is 2. The number of fused-ring (bicyclic) bond motifs is 7. The van der Waals surface area contributed by atoms with Gasteiger partial charge in [-0.3, -0.25) is 19.3 Å². The highest BCUT2D eigenvalue weighted by molar-refractivity contribution is 6.31. The molecule has 1 spiro atoms. The lowest BCUT2D eigenvalue weighted by atomic mass is 9.75. The van der Waals surface area contributed by atoms with Crippen LogP contribution in [0.3, 0.4) is 0 Å². The number of imide groups is 1. The minimum Gasteiger partial charge on any atom is -0.497 e. The highest BCUT2D eigenvalue weighted by atomic mass is 35.5. The van der Waals surface area contributed by atoms with Gasteiger partial charge in [-0.1, -0.05) is 11.6 Å². The first-order chi connectivity index (χ1) is 16.3. The third-order valence-corrected chi connectivity index (χ3v) is 8.11. The number of anilines is 2. The summed E-state index contributed by atoms with van der Waals surface area (Å²) < 4.78 is 10.8. The van der Waals surface area contributed by atoms with Crippen molar-refractivity contribution >= 4 is 40.7 Å². The van der Waals surface area contributed by atoms with Gasteiger partial charge < -0.3 is 14.8 Å². The molecule has 8 nitrogen and oxygen atoms in total. The maximum atomic E-state index is 14.2. The molecule has 4 atom stereocenters. The van der Waals surface area contributed by atoms with Crippen molar-refractivity contribution in [3.05, 3.63) is 46.5 Å². The minimum absolute atomic E-state index is 0.209. The number of amides is 3. The summed E-state index contributed by atoms with van der Waals surface area (Å²) in [6.45, 7) is 2.52. The third-order valence-electron chi connectivity index (χ3n) is 7.89. The van der Waals surface area contributed by atoms with Gasteiger partial charge in [0, 0.05) is 28.4 Å². The van der Waals surface area contributed by atoms with Crippen molar-refractivity contribution in [2.75, 3.05) is 31.0 Å². The molecule has 4 heterocycles. The Hall–Kier alpha value is -3.10. The van der Waals surface area contributed by atoms with Gasteiger partial charge in [-0.2, -0.15) is 0 Å². The summed E-state index contributed by atoms with van der Waals surface area (Å²) in [5.41, 5.74) is 1.24. The van der Waals surface area contributed by atoms with Crippen LogP contribution in [0.2, 0.25) is 5.02 Å². The zero-order chi connectivity index (χ0) is 23.9. The van der Waals surface area contributed by atoms with Gasteiger partial charge in [-0.05, 0) is 56.1 Å². The molecule has 6 rings (SSSR count). The Bertz CT molecular complexity index is 1280. The molecule has 1 N–H and O–H groups in total. The number of ether oxygens (including phenoxy) is 2. The van der Waals surface area contributed by atoms with Crippen LogP contribution in [0, 0.1) is 18.8 Å². The van der Waals surface area contributed by atoms with E-state index in [4.69, 9.17) is 21.1 Å². The molecule has 2 aromatic rings. The average molecular weight is 482 g/mol. The SMILES string of the molecule is COc1ccc(OC)c(N2C(=O)[C@H]3[C@@H](C2=O)[C@]2(C(=O)Nc4c(C)cc(Cl)cc42)N2CCC[C@@H]32)c1. The van der Waals surface area contributed by atoms with Gasteiger partial charge >= 0.3 is 0 Å². The second-order valence-electron chi connectivity index (χ2n) is 9.32. The number of aryl methyl sites for hydroxylation is 1. The molecule has 9 heteroatoms. The lowest BCUT2D eigenvalue weighted by molar-refractivity contribution is -0.135. The van der Waals surface area contributed by atoms with E-state index in [1.54, 1.807) is 30.3 Å². The van der Waals surface area contributed by atoms with Gasteiger partial charge in [-0.25, -0.2) is 4.90 Å². The third kappa shape index (κ3) is 2.45. The molecule has 176 valence electrons. The van der Waals surface area contributed by atoms with Crippen LogP contribution in [0.4, 0.5) is 11.4 Å². The Morgan fingerprint density at radius 3 is 2.62 bits per heavy atom. The normalized spacial score (nSPS) is 29.5. The van der Waals surface area contributed by atoms with Crippen molar-refractivity contribution in [1.29, 1.82) is 0 Å². The van der Waals surface area contributed by atoms with E-state index in [9.17, 15) is 14.4 Å². The van der Waals surface area contributed by atoms with Crippen LogP contribution in [0.1, 0.15) is 24.0 Å². The molecular weight excluding hydrogens is 458 g/mol. The molecule has 0 aromatic heterocycles. The largest absolute Gasteiger partial charge is 0.497 e. The summed E-state index contributed by atoms with van der Waals surface area (Å²) in [4.78, 5) is 45.1. The first-order valence-electron chi connectivity index (χ1n) is 11.3. The number of benzene rings is 2. The van der Waals surface area contributed by atoms with Crippen molar-refractivity contribution in [2.24, 2.45) is 11.8 Å².